The van der Waals surface area contributed by atoms with Gasteiger partial charge in [0.15, 0.2) is 6.29 Å². The van der Waals surface area contributed by atoms with Crippen molar-refractivity contribution in [3.05, 3.63) is 28.8 Å². The van der Waals surface area contributed by atoms with Crippen LogP contribution in [0.3, 0.4) is 0 Å². The standard InChI is InChI=1S/C7H4BrN3O/c8-5-1-9-7-10-6(4-12)3-11(7)2-5/h1-4H. The molecule has 2 rings (SSSR count). The molecule has 0 amide bonds. The number of hydrogen-bond acceptors (Lipinski definition) is 3. The number of nitrogens with zero attached hydrogens (tertiary/aromatic N) is 3. The summed E-state index contributed by atoms with van der Waals surface area (Å²) in [5, 5.41) is 0. The van der Waals surface area contributed by atoms with E-state index in [1.54, 1.807) is 23.0 Å². The minimum Gasteiger partial charge on any atom is -0.296 e. The van der Waals surface area contributed by atoms with Crippen LogP contribution in [-0.4, -0.2) is 20.7 Å². The van der Waals surface area contributed by atoms with Crippen LogP contribution in [0.15, 0.2) is 23.1 Å². The molecule has 0 bridgehead atoms. The van der Waals surface area contributed by atoms with Crippen molar-refractivity contribution in [2.75, 3.05) is 0 Å². The van der Waals surface area contributed by atoms with Crippen LogP contribution in [-0.2, 0) is 0 Å². The number of carbonyl (C=O) groups is 1. The van der Waals surface area contributed by atoms with Crippen LogP contribution in [0.5, 0.6) is 0 Å². The molecule has 0 aliphatic heterocycles. The van der Waals surface area contributed by atoms with Crippen molar-refractivity contribution in [1.82, 2.24) is 14.4 Å². The highest BCUT2D eigenvalue weighted by molar-refractivity contribution is 9.10. The van der Waals surface area contributed by atoms with Gasteiger partial charge in [0.05, 0.1) is 4.47 Å². The summed E-state index contributed by atoms with van der Waals surface area (Å²) in [5.74, 6) is 0.528. The van der Waals surface area contributed by atoms with Crippen LogP contribution in [0.25, 0.3) is 5.78 Å². The Morgan fingerprint density at radius 2 is 2.33 bits per heavy atom. The molecule has 0 aliphatic carbocycles. The van der Waals surface area contributed by atoms with Gasteiger partial charge in [0.2, 0.25) is 5.78 Å². The molecule has 4 nitrogen and oxygen atoms in total. The number of halogens is 1. The minimum absolute atomic E-state index is 0.389. The molecule has 0 aliphatic rings. The Kier molecular flexibility index (Phi) is 1.65. The lowest BCUT2D eigenvalue weighted by Gasteiger charge is -1.90. The van der Waals surface area contributed by atoms with E-state index < -0.39 is 0 Å². The van der Waals surface area contributed by atoms with E-state index in [4.69, 9.17) is 0 Å². The number of hydrogen-bond donors (Lipinski definition) is 0. The fourth-order valence-corrected chi connectivity index (χ4v) is 1.26. The first kappa shape index (κ1) is 7.42. The molecule has 0 saturated carbocycles. The number of rotatable bonds is 1. The Labute approximate surface area is 76.4 Å². The molecule has 0 aromatic carbocycles. The Balaban J connectivity index is 2.75. The van der Waals surface area contributed by atoms with Gasteiger partial charge in [-0.3, -0.25) is 9.20 Å². The number of aldehydes is 1. The van der Waals surface area contributed by atoms with Crippen molar-refractivity contribution < 1.29 is 4.79 Å². The second-order valence-electron chi connectivity index (χ2n) is 2.26. The lowest BCUT2D eigenvalue weighted by Crippen LogP contribution is -1.85. The lowest BCUT2D eigenvalue weighted by molar-refractivity contribution is 0.111. The van der Waals surface area contributed by atoms with Gasteiger partial charge in [-0.2, -0.15) is 0 Å². The van der Waals surface area contributed by atoms with E-state index >= 15 is 0 Å². The van der Waals surface area contributed by atoms with Crippen LogP contribution in [0.2, 0.25) is 0 Å². The van der Waals surface area contributed by atoms with E-state index in [0.717, 1.165) is 4.47 Å². The van der Waals surface area contributed by atoms with Crippen molar-refractivity contribution in [3.63, 3.8) is 0 Å². The van der Waals surface area contributed by atoms with E-state index in [1.807, 2.05) is 0 Å². The summed E-state index contributed by atoms with van der Waals surface area (Å²) in [4.78, 5) is 18.3. The molecule has 2 aromatic heterocycles. The summed E-state index contributed by atoms with van der Waals surface area (Å²) in [6.07, 6.45) is 5.75. The first-order valence-corrected chi connectivity index (χ1v) is 4.04. The number of imidazole rings is 1. The second-order valence-corrected chi connectivity index (χ2v) is 3.18. The number of fused-ring (bicyclic) bond motifs is 1. The zero-order chi connectivity index (χ0) is 8.55. The summed E-state index contributed by atoms with van der Waals surface area (Å²) in [5.41, 5.74) is 0.389. The SMILES string of the molecule is O=Cc1cn2cc(Br)cnc2n1. The van der Waals surface area contributed by atoms with Crippen LogP contribution in [0.1, 0.15) is 10.5 Å². The third kappa shape index (κ3) is 1.12. The highest BCUT2D eigenvalue weighted by atomic mass is 79.9. The van der Waals surface area contributed by atoms with E-state index in [2.05, 4.69) is 25.9 Å². The zero-order valence-corrected chi connectivity index (χ0v) is 7.52. The third-order valence-electron chi connectivity index (χ3n) is 1.42. The topological polar surface area (TPSA) is 47.3 Å². The summed E-state index contributed by atoms with van der Waals surface area (Å²) in [7, 11) is 0. The van der Waals surface area contributed by atoms with Crippen LogP contribution in [0.4, 0.5) is 0 Å². The van der Waals surface area contributed by atoms with Gasteiger partial charge in [0.25, 0.3) is 0 Å². The molecule has 5 heteroatoms. The minimum atomic E-state index is 0.389. The molecule has 0 saturated heterocycles. The number of aromatic nitrogens is 3. The summed E-state index contributed by atoms with van der Waals surface area (Å²) in [6, 6.07) is 0. The average molecular weight is 226 g/mol. The van der Waals surface area contributed by atoms with E-state index in [0.29, 0.717) is 17.8 Å². The maximum absolute atomic E-state index is 10.3. The van der Waals surface area contributed by atoms with Crippen LogP contribution >= 0.6 is 15.9 Å². The largest absolute Gasteiger partial charge is 0.296 e. The van der Waals surface area contributed by atoms with Gasteiger partial charge in [0.1, 0.15) is 5.69 Å². The summed E-state index contributed by atoms with van der Waals surface area (Å²) in [6.45, 7) is 0. The van der Waals surface area contributed by atoms with Gasteiger partial charge in [-0.25, -0.2) is 9.97 Å². The monoisotopic (exact) mass is 225 g/mol. The molecular formula is C7H4BrN3O. The van der Waals surface area contributed by atoms with Crippen LogP contribution in [0, 0.1) is 0 Å². The van der Waals surface area contributed by atoms with Gasteiger partial charge < -0.3 is 0 Å². The normalized spacial score (nSPS) is 10.4. The Morgan fingerprint density at radius 1 is 1.50 bits per heavy atom. The summed E-state index contributed by atoms with van der Waals surface area (Å²) >= 11 is 3.26. The number of carbonyl (C=O) groups excluding carboxylic acids is 1. The quantitative estimate of drug-likeness (QED) is 0.688. The fourth-order valence-electron chi connectivity index (χ4n) is 0.935. The summed E-state index contributed by atoms with van der Waals surface area (Å²) < 4.78 is 2.54. The van der Waals surface area contributed by atoms with Crippen molar-refractivity contribution in [3.8, 4) is 0 Å². The Hall–Kier alpha value is -1.23. The first-order valence-electron chi connectivity index (χ1n) is 3.25. The van der Waals surface area contributed by atoms with Gasteiger partial charge in [0, 0.05) is 18.6 Å². The molecule has 2 aromatic rings. The second kappa shape index (κ2) is 2.67. The molecule has 0 N–H and O–H groups in total. The van der Waals surface area contributed by atoms with E-state index in [1.165, 1.54) is 0 Å². The Morgan fingerprint density at radius 3 is 3.08 bits per heavy atom. The molecule has 0 fully saturated rings. The average Bonchev–Trinajstić information content (AvgIpc) is 2.46. The molecule has 0 unspecified atom stereocenters. The van der Waals surface area contributed by atoms with Crippen LogP contribution < -0.4 is 0 Å². The van der Waals surface area contributed by atoms with Gasteiger partial charge >= 0.3 is 0 Å². The molecule has 0 atom stereocenters. The third-order valence-corrected chi connectivity index (χ3v) is 1.83. The molecule has 12 heavy (non-hydrogen) atoms. The lowest BCUT2D eigenvalue weighted by atomic mass is 10.5. The molecular weight excluding hydrogens is 222 g/mol. The molecule has 60 valence electrons. The molecule has 0 spiro atoms. The maximum atomic E-state index is 10.3. The highest BCUT2D eigenvalue weighted by Crippen LogP contribution is 2.08. The highest BCUT2D eigenvalue weighted by Gasteiger charge is 2.00. The molecule has 0 radical (unpaired) electrons. The van der Waals surface area contributed by atoms with Crippen molar-refractivity contribution in [2.24, 2.45) is 0 Å². The van der Waals surface area contributed by atoms with Gasteiger partial charge in [-0.1, -0.05) is 0 Å². The fraction of sp³-hybridized carbons (Fsp3) is 0. The van der Waals surface area contributed by atoms with Gasteiger partial charge in [-0.15, -0.1) is 0 Å². The predicted molar refractivity (Wildman–Crippen MR) is 46.1 cm³/mol. The van der Waals surface area contributed by atoms with Crippen molar-refractivity contribution in [2.45, 2.75) is 0 Å². The smallest absolute Gasteiger partial charge is 0.234 e. The van der Waals surface area contributed by atoms with Gasteiger partial charge in [-0.05, 0) is 15.9 Å². The van der Waals surface area contributed by atoms with E-state index in [9.17, 15) is 4.79 Å². The van der Waals surface area contributed by atoms with Crippen molar-refractivity contribution >= 4 is 28.0 Å². The van der Waals surface area contributed by atoms with E-state index in [-0.39, 0.29) is 0 Å². The molecule has 2 heterocycles. The van der Waals surface area contributed by atoms with Crippen molar-refractivity contribution in [1.29, 1.82) is 0 Å². The predicted octanol–water partition coefficient (Wildman–Crippen LogP) is 1.30. The maximum Gasteiger partial charge on any atom is 0.234 e. The zero-order valence-electron chi connectivity index (χ0n) is 5.94. The Bertz CT molecular complexity index is 437. The first-order chi connectivity index (χ1) is 5.79.